The molecule has 5 rings (SSSR count). The molecule has 112 valence electrons. The quantitative estimate of drug-likeness (QED) is 0.916. The van der Waals surface area contributed by atoms with E-state index in [9.17, 15) is 4.79 Å². The molecule has 21 heavy (non-hydrogen) atoms. The van der Waals surface area contributed by atoms with E-state index in [4.69, 9.17) is 0 Å². The van der Waals surface area contributed by atoms with Crippen LogP contribution in [-0.2, 0) is 0 Å². The van der Waals surface area contributed by atoms with Crippen LogP contribution < -0.4 is 5.32 Å². The van der Waals surface area contributed by atoms with Gasteiger partial charge >= 0.3 is 0 Å². The SMILES string of the molecule is Cl.O=C(N[C@H]1CN2CCC1CC2)c1cc2cccn2cn1. The third-order valence-corrected chi connectivity index (χ3v) is 4.62. The maximum Gasteiger partial charge on any atom is 0.270 e. The van der Waals surface area contributed by atoms with Crippen LogP contribution in [0, 0.1) is 5.92 Å². The molecule has 0 saturated carbocycles. The minimum absolute atomic E-state index is 0. The summed E-state index contributed by atoms with van der Waals surface area (Å²) in [6.07, 6.45) is 6.03. The van der Waals surface area contributed by atoms with Crippen molar-refractivity contribution in [3.8, 4) is 0 Å². The molecule has 6 heteroatoms. The number of fused-ring (bicyclic) bond motifs is 4. The van der Waals surface area contributed by atoms with Crippen molar-refractivity contribution in [3.05, 3.63) is 36.4 Å². The van der Waals surface area contributed by atoms with Crippen LogP contribution in [0.15, 0.2) is 30.7 Å². The molecule has 0 spiro atoms. The van der Waals surface area contributed by atoms with Gasteiger partial charge in [-0.25, -0.2) is 4.98 Å². The highest BCUT2D eigenvalue weighted by Crippen LogP contribution is 2.27. The molecule has 1 N–H and O–H groups in total. The highest BCUT2D eigenvalue weighted by atomic mass is 35.5. The molecule has 1 amide bonds. The lowest BCUT2D eigenvalue weighted by Gasteiger charge is -2.44. The van der Waals surface area contributed by atoms with E-state index in [2.05, 4.69) is 15.2 Å². The van der Waals surface area contributed by atoms with Crippen LogP contribution in [0.5, 0.6) is 0 Å². The predicted octanol–water partition coefficient (Wildman–Crippen LogP) is 1.58. The van der Waals surface area contributed by atoms with Gasteiger partial charge < -0.3 is 14.6 Å². The summed E-state index contributed by atoms with van der Waals surface area (Å²) in [5.41, 5.74) is 1.51. The first-order chi connectivity index (χ1) is 9.79. The molecule has 0 radical (unpaired) electrons. The molecule has 2 bridgehead atoms. The molecule has 1 atom stereocenters. The first-order valence-electron chi connectivity index (χ1n) is 7.25. The summed E-state index contributed by atoms with van der Waals surface area (Å²) < 4.78 is 1.91. The summed E-state index contributed by atoms with van der Waals surface area (Å²) in [7, 11) is 0. The molecule has 5 heterocycles. The number of piperidine rings is 3. The number of carbonyl (C=O) groups is 1. The minimum atomic E-state index is -0.0487. The van der Waals surface area contributed by atoms with E-state index in [1.165, 1.54) is 25.9 Å². The van der Waals surface area contributed by atoms with E-state index in [0.29, 0.717) is 11.6 Å². The number of carbonyl (C=O) groups excluding carboxylic acids is 1. The average molecular weight is 307 g/mol. The monoisotopic (exact) mass is 306 g/mol. The maximum absolute atomic E-state index is 12.4. The molecular weight excluding hydrogens is 288 g/mol. The van der Waals surface area contributed by atoms with Gasteiger partial charge in [-0.3, -0.25) is 4.79 Å². The second kappa shape index (κ2) is 5.66. The number of rotatable bonds is 2. The number of nitrogens with zero attached hydrogens (tertiary/aromatic N) is 3. The standard InChI is InChI=1S/C15H18N4O.ClH/c20-15(13-8-12-2-1-5-19(12)10-16-13)17-14-9-18-6-3-11(14)4-7-18;/h1-2,5,8,10-11,14H,3-4,6-7,9H2,(H,17,20);1H/t14-;/m0./s1. The predicted molar refractivity (Wildman–Crippen MR) is 82.9 cm³/mol. The highest BCUT2D eigenvalue weighted by Gasteiger charge is 2.35. The number of amides is 1. The van der Waals surface area contributed by atoms with Crippen LogP contribution in [0.25, 0.3) is 5.52 Å². The van der Waals surface area contributed by atoms with Crippen molar-refractivity contribution in [1.82, 2.24) is 19.6 Å². The minimum Gasteiger partial charge on any atom is -0.346 e. The summed E-state index contributed by atoms with van der Waals surface area (Å²) in [4.78, 5) is 19.0. The third kappa shape index (κ3) is 2.63. The summed E-state index contributed by atoms with van der Waals surface area (Å²) in [6.45, 7) is 3.36. The Balaban J connectivity index is 0.00000132. The van der Waals surface area contributed by atoms with Crippen molar-refractivity contribution >= 4 is 23.8 Å². The first kappa shape index (κ1) is 14.4. The fourth-order valence-corrected chi connectivity index (χ4v) is 3.43. The Hall–Kier alpha value is -1.59. The van der Waals surface area contributed by atoms with Gasteiger partial charge in [0, 0.05) is 24.3 Å². The van der Waals surface area contributed by atoms with E-state index < -0.39 is 0 Å². The zero-order valence-corrected chi connectivity index (χ0v) is 12.6. The number of halogens is 1. The Morgan fingerprint density at radius 3 is 2.86 bits per heavy atom. The van der Waals surface area contributed by atoms with Gasteiger partial charge in [-0.15, -0.1) is 12.4 Å². The maximum atomic E-state index is 12.4. The first-order valence-corrected chi connectivity index (χ1v) is 7.25. The smallest absolute Gasteiger partial charge is 0.270 e. The van der Waals surface area contributed by atoms with Crippen LogP contribution in [0.3, 0.4) is 0 Å². The fourth-order valence-electron chi connectivity index (χ4n) is 3.43. The van der Waals surface area contributed by atoms with Gasteiger partial charge in [-0.2, -0.15) is 0 Å². The molecule has 0 aliphatic carbocycles. The third-order valence-electron chi connectivity index (χ3n) is 4.62. The average Bonchev–Trinajstić information content (AvgIpc) is 2.96. The van der Waals surface area contributed by atoms with Crippen LogP contribution in [-0.4, -0.2) is 45.9 Å². The van der Waals surface area contributed by atoms with Gasteiger partial charge in [0.05, 0.1) is 6.33 Å². The number of hydrogen-bond donors (Lipinski definition) is 1. The Bertz CT molecular complexity index is 648. The molecule has 3 aliphatic heterocycles. The molecule has 3 aliphatic rings. The Labute approximate surface area is 129 Å². The summed E-state index contributed by atoms with van der Waals surface area (Å²) in [6, 6.07) is 6.06. The van der Waals surface area contributed by atoms with Gasteiger partial charge in [0.1, 0.15) is 5.69 Å². The van der Waals surface area contributed by atoms with Gasteiger partial charge in [0.2, 0.25) is 0 Å². The zero-order valence-electron chi connectivity index (χ0n) is 11.7. The van der Waals surface area contributed by atoms with E-state index in [1.54, 1.807) is 6.33 Å². The van der Waals surface area contributed by atoms with E-state index >= 15 is 0 Å². The second-order valence-corrected chi connectivity index (χ2v) is 5.83. The Kier molecular flexibility index (Phi) is 3.87. The summed E-state index contributed by atoms with van der Waals surface area (Å²) in [5.74, 6) is 0.591. The fraction of sp³-hybridized carbons (Fsp3) is 0.467. The Morgan fingerprint density at radius 1 is 1.33 bits per heavy atom. The molecular formula is C15H19ClN4O. The highest BCUT2D eigenvalue weighted by molar-refractivity contribution is 5.93. The normalized spacial score (nSPS) is 27.3. The van der Waals surface area contributed by atoms with Gasteiger partial charge in [0.25, 0.3) is 5.91 Å². The lowest BCUT2D eigenvalue weighted by atomic mass is 9.84. The van der Waals surface area contributed by atoms with Gasteiger partial charge in [-0.05, 0) is 50.0 Å². The number of nitrogens with one attached hydrogen (secondary N) is 1. The van der Waals surface area contributed by atoms with Crippen molar-refractivity contribution in [1.29, 1.82) is 0 Å². The summed E-state index contributed by atoms with van der Waals surface area (Å²) >= 11 is 0. The lowest BCUT2D eigenvalue weighted by molar-refractivity contribution is 0.0617. The molecule has 2 aromatic heterocycles. The van der Waals surface area contributed by atoms with Crippen LogP contribution in [0.1, 0.15) is 23.3 Å². The van der Waals surface area contributed by atoms with E-state index in [-0.39, 0.29) is 24.4 Å². The molecule has 0 unspecified atom stereocenters. The summed E-state index contributed by atoms with van der Waals surface area (Å²) in [5, 5.41) is 3.17. The molecule has 3 fully saturated rings. The van der Waals surface area contributed by atoms with Crippen molar-refractivity contribution in [2.24, 2.45) is 5.92 Å². The zero-order chi connectivity index (χ0) is 13.5. The largest absolute Gasteiger partial charge is 0.346 e. The van der Waals surface area contributed by atoms with E-state index in [0.717, 1.165) is 12.1 Å². The Morgan fingerprint density at radius 2 is 2.14 bits per heavy atom. The van der Waals surface area contributed by atoms with Crippen molar-refractivity contribution in [2.75, 3.05) is 19.6 Å². The van der Waals surface area contributed by atoms with Crippen molar-refractivity contribution < 1.29 is 4.79 Å². The lowest BCUT2D eigenvalue weighted by Crippen LogP contribution is -2.57. The number of hydrogen-bond acceptors (Lipinski definition) is 3. The van der Waals surface area contributed by atoms with Crippen LogP contribution >= 0.6 is 12.4 Å². The van der Waals surface area contributed by atoms with Crippen molar-refractivity contribution in [3.63, 3.8) is 0 Å². The number of aromatic nitrogens is 2. The van der Waals surface area contributed by atoms with Crippen molar-refractivity contribution in [2.45, 2.75) is 18.9 Å². The molecule has 3 saturated heterocycles. The van der Waals surface area contributed by atoms with Crippen LogP contribution in [0.2, 0.25) is 0 Å². The molecule has 2 aromatic rings. The van der Waals surface area contributed by atoms with Gasteiger partial charge in [0.15, 0.2) is 0 Å². The molecule has 5 nitrogen and oxygen atoms in total. The topological polar surface area (TPSA) is 49.6 Å². The molecule has 0 aromatic carbocycles. The van der Waals surface area contributed by atoms with Crippen LogP contribution in [0.4, 0.5) is 0 Å². The van der Waals surface area contributed by atoms with Gasteiger partial charge in [-0.1, -0.05) is 0 Å². The second-order valence-electron chi connectivity index (χ2n) is 5.83. The van der Waals surface area contributed by atoms with E-state index in [1.807, 2.05) is 28.8 Å².